The summed E-state index contributed by atoms with van der Waals surface area (Å²) < 4.78 is 15.2. The van der Waals surface area contributed by atoms with Crippen LogP contribution in [0.3, 0.4) is 0 Å². The first-order valence-electron chi connectivity index (χ1n) is 8.71. The molecule has 0 aliphatic heterocycles. The second-order valence-corrected chi connectivity index (χ2v) is 6.25. The summed E-state index contributed by atoms with van der Waals surface area (Å²) >= 11 is 0. The van der Waals surface area contributed by atoms with Gasteiger partial charge in [0, 0.05) is 12.5 Å². The molecule has 2 rings (SSSR count). The lowest BCUT2D eigenvalue weighted by Crippen LogP contribution is -2.18. The maximum Gasteiger partial charge on any atom is 0.340 e. The zero-order valence-corrected chi connectivity index (χ0v) is 16.8. The minimum absolute atomic E-state index is 0.276. The second kappa shape index (κ2) is 9.08. The minimum Gasteiger partial charge on any atom is -0.504 e. The van der Waals surface area contributed by atoms with E-state index in [2.05, 4.69) is 0 Å². The van der Waals surface area contributed by atoms with E-state index in [9.17, 15) is 29.4 Å². The van der Waals surface area contributed by atoms with Gasteiger partial charge in [0.1, 0.15) is 12.4 Å². The minimum atomic E-state index is -1.14. The van der Waals surface area contributed by atoms with Gasteiger partial charge >= 0.3 is 11.9 Å². The highest BCUT2D eigenvalue weighted by Gasteiger charge is 2.34. The topological polar surface area (TPSA) is 136 Å². The van der Waals surface area contributed by atoms with Gasteiger partial charge in [-0.25, -0.2) is 4.79 Å². The molecule has 2 N–H and O–H groups in total. The summed E-state index contributed by atoms with van der Waals surface area (Å²) in [5, 5.41) is 20.5. The number of phenols is 2. The van der Waals surface area contributed by atoms with Crippen molar-refractivity contribution >= 4 is 23.5 Å². The maximum absolute atomic E-state index is 12.9. The average Bonchev–Trinajstić information content (AvgIpc) is 2.68. The Morgan fingerprint density at radius 3 is 2.00 bits per heavy atom. The molecule has 9 heteroatoms. The van der Waals surface area contributed by atoms with Crippen molar-refractivity contribution in [3.63, 3.8) is 0 Å². The fourth-order valence-electron chi connectivity index (χ4n) is 2.86. The highest BCUT2D eigenvalue weighted by molar-refractivity contribution is 6.16. The highest BCUT2D eigenvalue weighted by atomic mass is 16.5. The van der Waals surface area contributed by atoms with Crippen molar-refractivity contribution in [3.05, 3.63) is 46.5 Å². The molecule has 2 aromatic carbocycles. The van der Waals surface area contributed by atoms with Gasteiger partial charge in [0.2, 0.25) is 5.75 Å². The largest absolute Gasteiger partial charge is 0.504 e. The third kappa shape index (κ3) is 4.40. The molecule has 0 aliphatic rings. The first-order chi connectivity index (χ1) is 14.1. The molecule has 0 heterocycles. The lowest BCUT2D eigenvalue weighted by molar-refractivity contribution is -0.132. The van der Waals surface area contributed by atoms with Gasteiger partial charge in [-0.2, -0.15) is 0 Å². The highest BCUT2D eigenvalue weighted by Crippen LogP contribution is 2.45. The summed E-state index contributed by atoms with van der Waals surface area (Å²) in [5.74, 6) is -5.98. The molecular formula is C21H20O9. The molecular weight excluding hydrogens is 396 g/mol. The van der Waals surface area contributed by atoms with E-state index in [0.717, 1.165) is 20.8 Å². The zero-order valence-electron chi connectivity index (χ0n) is 16.8. The van der Waals surface area contributed by atoms with Crippen molar-refractivity contribution in [3.8, 4) is 23.0 Å². The van der Waals surface area contributed by atoms with Crippen molar-refractivity contribution in [2.24, 2.45) is 0 Å². The van der Waals surface area contributed by atoms with Crippen molar-refractivity contribution in [2.75, 3.05) is 7.11 Å². The number of esters is 2. The van der Waals surface area contributed by atoms with Crippen LogP contribution in [-0.4, -0.2) is 40.8 Å². The predicted octanol–water partition coefficient (Wildman–Crippen LogP) is 2.79. The number of methoxy groups -OCH3 is 1. The van der Waals surface area contributed by atoms with Crippen molar-refractivity contribution in [2.45, 2.75) is 27.4 Å². The first kappa shape index (κ1) is 22.4. The van der Waals surface area contributed by atoms with Crippen LogP contribution >= 0.6 is 0 Å². The van der Waals surface area contributed by atoms with E-state index < -0.39 is 57.4 Å². The van der Waals surface area contributed by atoms with Gasteiger partial charge in [0.25, 0.3) is 0 Å². The van der Waals surface area contributed by atoms with E-state index in [1.165, 1.54) is 7.11 Å². The smallest absolute Gasteiger partial charge is 0.340 e. The Balaban J connectivity index is 2.64. The van der Waals surface area contributed by atoms with Gasteiger partial charge in [-0.05, 0) is 19.9 Å². The van der Waals surface area contributed by atoms with Crippen molar-refractivity contribution < 1.29 is 43.6 Å². The summed E-state index contributed by atoms with van der Waals surface area (Å²) in [6.45, 7) is 2.79. The van der Waals surface area contributed by atoms with Crippen molar-refractivity contribution in [1.82, 2.24) is 0 Å². The molecule has 0 amide bonds. The van der Waals surface area contributed by atoms with E-state index in [-0.39, 0.29) is 6.61 Å². The Hall–Kier alpha value is -3.88. The molecule has 0 aromatic heterocycles. The van der Waals surface area contributed by atoms with E-state index in [4.69, 9.17) is 14.2 Å². The van der Waals surface area contributed by atoms with Crippen LogP contribution in [0.2, 0.25) is 0 Å². The Morgan fingerprint density at radius 2 is 1.47 bits per heavy atom. The van der Waals surface area contributed by atoms with Gasteiger partial charge in [-0.3, -0.25) is 14.4 Å². The third-order valence-corrected chi connectivity index (χ3v) is 4.11. The van der Waals surface area contributed by atoms with E-state index >= 15 is 0 Å². The average molecular weight is 416 g/mol. The molecule has 0 atom stereocenters. The molecule has 158 valence electrons. The molecule has 0 unspecified atom stereocenters. The fraction of sp³-hybridized carbons (Fsp3) is 0.238. The molecule has 0 saturated heterocycles. The normalized spacial score (nSPS) is 10.3. The number of carbonyl (C=O) groups is 4. The molecule has 0 spiro atoms. The monoisotopic (exact) mass is 416 g/mol. The molecule has 0 fully saturated rings. The first-order valence-corrected chi connectivity index (χ1v) is 8.71. The maximum atomic E-state index is 12.9. The summed E-state index contributed by atoms with van der Waals surface area (Å²) in [5.41, 5.74) is -1.30. The van der Waals surface area contributed by atoms with Crippen LogP contribution in [0.15, 0.2) is 24.3 Å². The SMILES string of the molecule is COc1ccccc1COC(=O)c1c(C(C)=O)c(O)c(O)c(OC(C)=O)c1C(C)=O. The summed E-state index contributed by atoms with van der Waals surface area (Å²) in [6, 6.07) is 6.70. The Kier molecular flexibility index (Phi) is 6.78. The zero-order chi connectivity index (χ0) is 22.6. The summed E-state index contributed by atoms with van der Waals surface area (Å²) in [6.07, 6.45) is 0. The number of rotatable bonds is 7. The number of phenolic OH excluding ortho intramolecular Hbond substituents is 2. The number of benzene rings is 2. The Labute approximate surface area is 171 Å². The van der Waals surface area contributed by atoms with E-state index in [1.807, 2.05) is 0 Å². The quantitative estimate of drug-likeness (QED) is 0.302. The molecule has 0 saturated carbocycles. The van der Waals surface area contributed by atoms with Crippen LogP contribution in [0.5, 0.6) is 23.0 Å². The summed E-state index contributed by atoms with van der Waals surface area (Å²) in [4.78, 5) is 48.7. The van der Waals surface area contributed by atoms with Crippen LogP contribution < -0.4 is 9.47 Å². The van der Waals surface area contributed by atoms with Gasteiger partial charge in [0.15, 0.2) is 23.1 Å². The standard InChI is InChI=1S/C21H20O9/c1-10(22)15-17(21(27)29-9-13-7-5-6-8-14(13)28-4)16(11(2)23)20(30-12(3)24)19(26)18(15)25/h5-8,25-26H,9H2,1-4H3. The van der Waals surface area contributed by atoms with Crippen LogP contribution in [-0.2, 0) is 16.1 Å². The van der Waals surface area contributed by atoms with Gasteiger partial charge in [-0.15, -0.1) is 0 Å². The van der Waals surface area contributed by atoms with Gasteiger partial charge in [0.05, 0.1) is 23.8 Å². The molecule has 0 bridgehead atoms. The van der Waals surface area contributed by atoms with Crippen LogP contribution in [0.4, 0.5) is 0 Å². The van der Waals surface area contributed by atoms with Crippen LogP contribution in [0.25, 0.3) is 0 Å². The number of hydrogen-bond donors (Lipinski definition) is 2. The summed E-state index contributed by atoms with van der Waals surface area (Å²) in [7, 11) is 1.44. The number of para-hydroxylation sites is 1. The molecule has 30 heavy (non-hydrogen) atoms. The fourth-order valence-corrected chi connectivity index (χ4v) is 2.86. The number of carbonyl (C=O) groups excluding carboxylic acids is 4. The van der Waals surface area contributed by atoms with Gasteiger partial charge < -0.3 is 24.4 Å². The van der Waals surface area contributed by atoms with E-state index in [0.29, 0.717) is 11.3 Å². The van der Waals surface area contributed by atoms with Crippen molar-refractivity contribution in [1.29, 1.82) is 0 Å². The predicted molar refractivity (Wildman–Crippen MR) is 103 cm³/mol. The molecule has 0 radical (unpaired) electrons. The number of aromatic hydroxyl groups is 2. The van der Waals surface area contributed by atoms with Crippen LogP contribution in [0, 0.1) is 0 Å². The molecule has 9 nitrogen and oxygen atoms in total. The number of ketones is 2. The number of ether oxygens (including phenoxy) is 3. The lowest BCUT2D eigenvalue weighted by Gasteiger charge is -2.18. The molecule has 0 aliphatic carbocycles. The van der Waals surface area contributed by atoms with Gasteiger partial charge in [-0.1, -0.05) is 18.2 Å². The van der Waals surface area contributed by atoms with E-state index in [1.54, 1.807) is 24.3 Å². The number of hydrogen-bond acceptors (Lipinski definition) is 9. The Bertz CT molecular complexity index is 1040. The Morgan fingerprint density at radius 1 is 0.867 bits per heavy atom. The van der Waals surface area contributed by atoms with Crippen LogP contribution in [0.1, 0.15) is 57.4 Å². The lowest BCUT2D eigenvalue weighted by atomic mass is 9.93. The molecule has 2 aromatic rings. The number of Topliss-reactive ketones (excluding diaryl/α,β-unsaturated/α-hetero) is 2. The third-order valence-electron chi connectivity index (χ3n) is 4.11. The second-order valence-electron chi connectivity index (χ2n) is 6.25.